The van der Waals surface area contributed by atoms with Crippen LogP contribution >= 0.6 is 0 Å². The van der Waals surface area contributed by atoms with Crippen molar-refractivity contribution in [3.8, 4) is 0 Å². The summed E-state index contributed by atoms with van der Waals surface area (Å²) in [6, 6.07) is 9.67. The van der Waals surface area contributed by atoms with Gasteiger partial charge in [-0.3, -0.25) is 5.10 Å². The van der Waals surface area contributed by atoms with Crippen LogP contribution < -0.4 is 0 Å². The van der Waals surface area contributed by atoms with E-state index in [2.05, 4.69) is 10.2 Å². The fourth-order valence-electron chi connectivity index (χ4n) is 1.84. The Balaban J connectivity index is 2.10. The van der Waals surface area contributed by atoms with Gasteiger partial charge in [-0.15, -0.1) is 0 Å². The van der Waals surface area contributed by atoms with Gasteiger partial charge in [0.05, 0.1) is 12.8 Å². The molecule has 0 atom stereocenters. The lowest BCUT2D eigenvalue weighted by Gasteiger charge is -2.16. The van der Waals surface area contributed by atoms with E-state index in [-0.39, 0.29) is 17.2 Å². The molecule has 1 aromatic carbocycles. The van der Waals surface area contributed by atoms with E-state index >= 15 is 0 Å². The maximum Gasteiger partial charge on any atom is 0.260 e. The zero-order chi connectivity index (χ0) is 14.6. The summed E-state index contributed by atoms with van der Waals surface area (Å²) in [5, 5.41) is 15.2. The van der Waals surface area contributed by atoms with E-state index in [0.29, 0.717) is 13.0 Å². The van der Waals surface area contributed by atoms with Crippen LogP contribution in [0.1, 0.15) is 11.1 Å². The Morgan fingerprint density at radius 1 is 1.30 bits per heavy atom. The lowest BCUT2D eigenvalue weighted by Crippen LogP contribution is -2.30. The molecule has 108 valence electrons. The van der Waals surface area contributed by atoms with Gasteiger partial charge in [0.1, 0.15) is 0 Å². The first-order valence-corrected chi connectivity index (χ1v) is 7.63. The molecule has 7 heteroatoms. The average Bonchev–Trinajstić information content (AvgIpc) is 2.95. The predicted molar refractivity (Wildman–Crippen MR) is 74.5 cm³/mol. The van der Waals surface area contributed by atoms with Crippen LogP contribution in [0.3, 0.4) is 0 Å². The van der Waals surface area contributed by atoms with Gasteiger partial charge in [-0.25, -0.2) is 8.42 Å². The topological polar surface area (TPSA) is 86.3 Å². The minimum Gasteiger partial charge on any atom is -0.392 e. The van der Waals surface area contributed by atoms with Crippen molar-refractivity contribution >= 4 is 10.0 Å². The molecule has 0 amide bonds. The van der Waals surface area contributed by atoms with Crippen LogP contribution in [-0.2, 0) is 23.1 Å². The summed E-state index contributed by atoms with van der Waals surface area (Å²) in [6.07, 6.45) is 1.94. The Kier molecular flexibility index (Phi) is 4.53. The summed E-state index contributed by atoms with van der Waals surface area (Å²) in [7, 11) is -2.14. The third-order valence-electron chi connectivity index (χ3n) is 3.07. The number of benzene rings is 1. The molecular weight excluding hydrogens is 278 g/mol. The lowest BCUT2D eigenvalue weighted by atomic mass is 10.2. The molecule has 0 radical (unpaired) electrons. The number of rotatable bonds is 6. The van der Waals surface area contributed by atoms with Crippen LogP contribution in [0.25, 0.3) is 0 Å². The monoisotopic (exact) mass is 295 g/mol. The number of hydrogen-bond acceptors (Lipinski definition) is 4. The SMILES string of the molecule is CN(CCc1ccccc1)S(=O)(=O)c1[nH]ncc1CO. The number of hydrogen-bond donors (Lipinski definition) is 2. The van der Waals surface area contributed by atoms with Gasteiger partial charge in [0.25, 0.3) is 10.0 Å². The van der Waals surface area contributed by atoms with Crippen LogP contribution in [0.4, 0.5) is 0 Å². The maximum atomic E-state index is 12.3. The molecule has 0 saturated carbocycles. The fourth-order valence-corrected chi connectivity index (χ4v) is 3.10. The summed E-state index contributed by atoms with van der Waals surface area (Å²) in [4.78, 5) is 0. The number of nitrogens with zero attached hydrogens (tertiary/aromatic N) is 2. The zero-order valence-corrected chi connectivity index (χ0v) is 12.0. The maximum absolute atomic E-state index is 12.3. The summed E-state index contributed by atoms with van der Waals surface area (Å²) < 4.78 is 25.9. The summed E-state index contributed by atoms with van der Waals surface area (Å²) >= 11 is 0. The van der Waals surface area contributed by atoms with Gasteiger partial charge >= 0.3 is 0 Å². The van der Waals surface area contributed by atoms with Gasteiger partial charge in [-0.1, -0.05) is 30.3 Å². The largest absolute Gasteiger partial charge is 0.392 e. The van der Waals surface area contributed by atoms with Gasteiger partial charge in [0.2, 0.25) is 0 Å². The first-order chi connectivity index (χ1) is 9.55. The zero-order valence-electron chi connectivity index (χ0n) is 11.2. The highest BCUT2D eigenvalue weighted by atomic mass is 32.2. The molecule has 0 unspecified atom stereocenters. The van der Waals surface area contributed by atoms with Crippen LogP contribution in [-0.4, -0.2) is 41.6 Å². The number of aliphatic hydroxyl groups is 1. The third kappa shape index (κ3) is 3.06. The van der Waals surface area contributed by atoms with Crippen molar-refractivity contribution in [1.29, 1.82) is 0 Å². The standard InChI is InChI=1S/C13H17N3O3S/c1-16(8-7-11-5-3-2-4-6-11)20(18,19)13-12(10-17)9-14-15-13/h2-6,9,17H,7-8,10H2,1H3,(H,14,15). The Hall–Kier alpha value is -1.70. The fraction of sp³-hybridized carbons (Fsp3) is 0.308. The summed E-state index contributed by atoms with van der Waals surface area (Å²) in [5.41, 5.74) is 1.35. The summed E-state index contributed by atoms with van der Waals surface area (Å²) in [5.74, 6) is 0. The van der Waals surface area contributed by atoms with Crippen molar-refractivity contribution in [2.24, 2.45) is 0 Å². The van der Waals surface area contributed by atoms with Gasteiger partial charge < -0.3 is 5.11 Å². The van der Waals surface area contributed by atoms with E-state index in [1.165, 1.54) is 17.5 Å². The number of sulfonamides is 1. The number of aromatic nitrogens is 2. The second kappa shape index (κ2) is 6.17. The van der Waals surface area contributed by atoms with Crippen molar-refractivity contribution < 1.29 is 13.5 Å². The highest BCUT2D eigenvalue weighted by Crippen LogP contribution is 2.16. The van der Waals surface area contributed by atoms with Gasteiger partial charge in [0.15, 0.2) is 5.03 Å². The van der Waals surface area contributed by atoms with E-state index in [1.807, 2.05) is 30.3 Å². The van der Waals surface area contributed by atoms with Gasteiger partial charge in [0, 0.05) is 19.2 Å². The molecule has 2 aromatic rings. The van der Waals surface area contributed by atoms with E-state index in [9.17, 15) is 8.42 Å². The molecule has 0 aliphatic carbocycles. The Morgan fingerprint density at radius 3 is 2.65 bits per heavy atom. The smallest absolute Gasteiger partial charge is 0.260 e. The third-order valence-corrected chi connectivity index (χ3v) is 4.95. The number of H-pyrrole nitrogens is 1. The molecule has 0 fully saturated rings. The van der Waals surface area contributed by atoms with Crippen LogP contribution in [0.15, 0.2) is 41.6 Å². The number of nitrogens with one attached hydrogen (secondary N) is 1. The molecule has 20 heavy (non-hydrogen) atoms. The second-order valence-electron chi connectivity index (χ2n) is 4.44. The molecule has 1 heterocycles. The van der Waals surface area contributed by atoms with Crippen LogP contribution in [0.5, 0.6) is 0 Å². The molecule has 2 rings (SSSR count). The Morgan fingerprint density at radius 2 is 2.00 bits per heavy atom. The first-order valence-electron chi connectivity index (χ1n) is 6.19. The van der Waals surface area contributed by atoms with Crippen molar-refractivity contribution in [3.63, 3.8) is 0 Å². The first kappa shape index (κ1) is 14.7. The highest BCUT2D eigenvalue weighted by Gasteiger charge is 2.25. The van der Waals surface area contributed by atoms with Gasteiger partial charge in [-0.05, 0) is 12.0 Å². The van der Waals surface area contributed by atoms with Crippen LogP contribution in [0.2, 0.25) is 0 Å². The Labute approximate surface area is 118 Å². The van der Waals surface area contributed by atoms with E-state index in [0.717, 1.165) is 5.56 Å². The quantitative estimate of drug-likeness (QED) is 0.824. The highest BCUT2D eigenvalue weighted by molar-refractivity contribution is 7.89. The van der Waals surface area contributed by atoms with Crippen LogP contribution in [0, 0.1) is 0 Å². The van der Waals surface area contributed by atoms with Crippen molar-refractivity contribution in [2.75, 3.05) is 13.6 Å². The van der Waals surface area contributed by atoms with E-state index < -0.39 is 10.0 Å². The number of aromatic amines is 1. The molecule has 2 N–H and O–H groups in total. The molecule has 6 nitrogen and oxygen atoms in total. The van der Waals surface area contributed by atoms with Crippen molar-refractivity contribution in [2.45, 2.75) is 18.1 Å². The van der Waals surface area contributed by atoms with Crippen molar-refractivity contribution in [3.05, 3.63) is 47.7 Å². The Bertz CT molecular complexity index is 653. The molecule has 0 aliphatic rings. The average molecular weight is 295 g/mol. The van der Waals surface area contributed by atoms with E-state index in [4.69, 9.17) is 5.11 Å². The minimum atomic E-state index is -3.65. The second-order valence-corrected chi connectivity index (χ2v) is 6.43. The molecule has 0 spiro atoms. The number of aliphatic hydroxyl groups excluding tert-OH is 1. The molecular formula is C13H17N3O3S. The molecule has 0 saturated heterocycles. The molecule has 0 aliphatic heterocycles. The lowest BCUT2D eigenvalue weighted by molar-refractivity contribution is 0.278. The van der Waals surface area contributed by atoms with Gasteiger partial charge in [-0.2, -0.15) is 9.40 Å². The summed E-state index contributed by atoms with van der Waals surface area (Å²) in [6.45, 7) is -0.00613. The minimum absolute atomic E-state index is 0.0458. The normalized spacial score (nSPS) is 11.9. The van der Waals surface area contributed by atoms with E-state index in [1.54, 1.807) is 0 Å². The molecule has 0 bridgehead atoms. The van der Waals surface area contributed by atoms with Crippen molar-refractivity contribution in [1.82, 2.24) is 14.5 Å². The number of likely N-dealkylation sites (N-methyl/N-ethyl adjacent to an activating group) is 1. The molecule has 1 aromatic heterocycles. The predicted octanol–water partition coefficient (Wildman–Crippen LogP) is 0.765.